The second-order valence-corrected chi connectivity index (χ2v) is 4.06. The van der Waals surface area contributed by atoms with Gasteiger partial charge in [-0.1, -0.05) is 0 Å². The summed E-state index contributed by atoms with van der Waals surface area (Å²) < 4.78 is 5.24. The molecule has 1 N–H and O–H groups in total. The minimum absolute atomic E-state index is 0.189. The Kier molecular flexibility index (Phi) is 3.32. The van der Waals surface area contributed by atoms with E-state index in [1.165, 1.54) is 0 Å². The van der Waals surface area contributed by atoms with Crippen LogP contribution in [0.1, 0.15) is 21.8 Å². The maximum Gasteiger partial charge on any atom is 0.339 e. The molecule has 5 nitrogen and oxygen atoms in total. The van der Waals surface area contributed by atoms with Crippen LogP contribution < -0.4 is 4.90 Å². The van der Waals surface area contributed by atoms with Crippen LogP contribution in [0, 0.1) is 6.92 Å². The molecule has 0 amide bonds. The third kappa shape index (κ3) is 2.51. The summed E-state index contributed by atoms with van der Waals surface area (Å²) in [6.07, 6.45) is 1.59. The van der Waals surface area contributed by atoms with Crippen molar-refractivity contribution >= 4 is 11.8 Å². The molecule has 5 heteroatoms. The Labute approximate surface area is 105 Å². The number of hydrogen-bond acceptors (Lipinski definition) is 4. The molecule has 94 valence electrons. The first-order valence-corrected chi connectivity index (χ1v) is 5.52. The van der Waals surface area contributed by atoms with Crippen LogP contribution in [0.4, 0.5) is 5.82 Å². The molecule has 0 spiro atoms. The van der Waals surface area contributed by atoms with Crippen molar-refractivity contribution in [1.29, 1.82) is 0 Å². The summed E-state index contributed by atoms with van der Waals surface area (Å²) in [6.45, 7) is 2.31. The first-order valence-electron chi connectivity index (χ1n) is 5.52. The van der Waals surface area contributed by atoms with Crippen LogP contribution >= 0.6 is 0 Å². The molecular formula is C13H14N2O3. The molecule has 0 aromatic carbocycles. The van der Waals surface area contributed by atoms with Crippen molar-refractivity contribution in [2.75, 3.05) is 11.9 Å². The zero-order valence-electron chi connectivity index (χ0n) is 10.3. The minimum Gasteiger partial charge on any atom is -0.478 e. The van der Waals surface area contributed by atoms with E-state index in [4.69, 9.17) is 9.52 Å². The highest BCUT2D eigenvalue weighted by Gasteiger charge is 2.16. The highest BCUT2D eigenvalue weighted by Crippen LogP contribution is 2.19. The molecule has 0 aliphatic heterocycles. The molecule has 0 bridgehead atoms. The predicted octanol–water partition coefficient (Wildman–Crippen LogP) is 2.32. The lowest BCUT2D eigenvalue weighted by molar-refractivity contribution is 0.0697. The maximum atomic E-state index is 11.1. The first-order chi connectivity index (χ1) is 8.58. The standard InChI is InChI=1S/C13H14N2O3/c1-9-5-6-11(13(16)17)12(14-9)15(2)8-10-4-3-7-18-10/h3-7H,8H2,1-2H3,(H,16,17). The fraction of sp³-hybridized carbons (Fsp3) is 0.231. The number of nitrogens with zero attached hydrogens (tertiary/aromatic N) is 2. The van der Waals surface area contributed by atoms with Gasteiger partial charge >= 0.3 is 5.97 Å². The average molecular weight is 246 g/mol. The zero-order chi connectivity index (χ0) is 13.1. The van der Waals surface area contributed by atoms with E-state index in [0.29, 0.717) is 12.4 Å². The summed E-state index contributed by atoms with van der Waals surface area (Å²) in [7, 11) is 1.79. The van der Waals surface area contributed by atoms with Gasteiger partial charge in [-0.05, 0) is 31.2 Å². The molecule has 0 saturated heterocycles. The van der Waals surface area contributed by atoms with Crippen LogP contribution in [-0.4, -0.2) is 23.1 Å². The molecule has 0 aliphatic carbocycles. The van der Waals surface area contributed by atoms with Gasteiger partial charge in [0.15, 0.2) is 0 Å². The fourth-order valence-electron chi connectivity index (χ4n) is 1.71. The Balaban J connectivity index is 2.31. The number of aromatic nitrogens is 1. The lowest BCUT2D eigenvalue weighted by Crippen LogP contribution is -2.20. The van der Waals surface area contributed by atoms with Crippen LogP contribution in [0.25, 0.3) is 0 Å². The van der Waals surface area contributed by atoms with Crippen LogP contribution in [0.2, 0.25) is 0 Å². The molecule has 18 heavy (non-hydrogen) atoms. The highest BCUT2D eigenvalue weighted by atomic mass is 16.4. The second kappa shape index (κ2) is 4.91. The van der Waals surface area contributed by atoms with Gasteiger partial charge in [-0.15, -0.1) is 0 Å². The molecule has 0 radical (unpaired) electrons. The molecule has 0 saturated carbocycles. The van der Waals surface area contributed by atoms with Gasteiger partial charge in [-0.2, -0.15) is 0 Å². The molecule has 2 aromatic rings. The molecule has 2 rings (SSSR count). The SMILES string of the molecule is Cc1ccc(C(=O)O)c(N(C)Cc2ccco2)n1. The largest absolute Gasteiger partial charge is 0.478 e. The summed E-state index contributed by atoms with van der Waals surface area (Å²) in [5.41, 5.74) is 0.968. The van der Waals surface area contributed by atoms with Crippen molar-refractivity contribution in [2.24, 2.45) is 0 Å². The van der Waals surface area contributed by atoms with Gasteiger partial charge in [0.2, 0.25) is 0 Å². The number of furan rings is 1. The Morgan fingerprint density at radius 2 is 2.22 bits per heavy atom. The number of carbonyl (C=O) groups is 1. The minimum atomic E-state index is -0.983. The Morgan fingerprint density at radius 3 is 2.83 bits per heavy atom. The van der Waals surface area contributed by atoms with Crippen molar-refractivity contribution in [3.05, 3.63) is 47.5 Å². The van der Waals surface area contributed by atoms with Crippen molar-refractivity contribution < 1.29 is 14.3 Å². The molecule has 0 atom stereocenters. The monoisotopic (exact) mass is 246 g/mol. The number of aryl methyl sites for hydroxylation is 1. The number of anilines is 1. The summed E-state index contributed by atoms with van der Waals surface area (Å²) in [6, 6.07) is 6.89. The Bertz CT molecular complexity index is 549. The van der Waals surface area contributed by atoms with E-state index in [0.717, 1.165) is 11.5 Å². The summed E-state index contributed by atoms with van der Waals surface area (Å²) in [5, 5.41) is 9.14. The number of carboxylic acids is 1. The van der Waals surface area contributed by atoms with Crippen LogP contribution in [0.3, 0.4) is 0 Å². The zero-order valence-corrected chi connectivity index (χ0v) is 10.3. The van der Waals surface area contributed by atoms with Crippen LogP contribution in [0.15, 0.2) is 34.9 Å². The number of hydrogen-bond donors (Lipinski definition) is 1. The number of aromatic carboxylic acids is 1. The molecule has 0 fully saturated rings. The van der Waals surface area contributed by atoms with Crippen LogP contribution in [0.5, 0.6) is 0 Å². The van der Waals surface area contributed by atoms with Gasteiger partial charge in [0.1, 0.15) is 17.1 Å². The summed E-state index contributed by atoms with van der Waals surface area (Å²) in [4.78, 5) is 17.2. The lowest BCUT2D eigenvalue weighted by atomic mass is 10.2. The molecule has 2 heterocycles. The fourth-order valence-corrected chi connectivity index (χ4v) is 1.71. The quantitative estimate of drug-likeness (QED) is 0.896. The van der Waals surface area contributed by atoms with Gasteiger partial charge in [-0.25, -0.2) is 9.78 Å². The third-order valence-corrected chi connectivity index (χ3v) is 2.58. The second-order valence-electron chi connectivity index (χ2n) is 4.06. The van der Waals surface area contributed by atoms with E-state index in [2.05, 4.69) is 4.98 Å². The van der Waals surface area contributed by atoms with Gasteiger partial charge in [0, 0.05) is 12.7 Å². The maximum absolute atomic E-state index is 11.1. The van der Waals surface area contributed by atoms with E-state index >= 15 is 0 Å². The number of rotatable bonds is 4. The topological polar surface area (TPSA) is 66.6 Å². The van der Waals surface area contributed by atoms with Gasteiger partial charge < -0.3 is 14.4 Å². The van der Waals surface area contributed by atoms with Crippen molar-refractivity contribution in [1.82, 2.24) is 4.98 Å². The number of carboxylic acid groups (broad SMARTS) is 1. The van der Waals surface area contributed by atoms with E-state index in [9.17, 15) is 4.79 Å². The summed E-state index contributed by atoms with van der Waals surface area (Å²) >= 11 is 0. The molecule has 2 aromatic heterocycles. The van der Waals surface area contributed by atoms with Crippen molar-refractivity contribution in [2.45, 2.75) is 13.5 Å². The van der Waals surface area contributed by atoms with Crippen LogP contribution in [-0.2, 0) is 6.54 Å². The Morgan fingerprint density at radius 1 is 1.44 bits per heavy atom. The Hall–Kier alpha value is -2.30. The molecule has 0 aliphatic rings. The van der Waals surface area contributed by atoms with Gasteiger partial charge in [0.25, 0.3) is 0 Å². The van der Waals surface area contributed by atoms with E-state index in [-0.39, 0.29) is 5.56 Å². The van der Waals surface area contributed by atoms with Crippen molar-refractivity contribution in [3.8, 4) is 0 Å². The highest BCUT2D eigenvalue weighted by molar-refractivity contribution is 5.93. The predicted molar refractivity (Wildman–Crippen MR) is 66.7 cm³/mol. The van der Waals surface area contributed by atoms with Crippen molar-refractivity contribution in [3.63, 3.8) is 0 Å². The molecular weight excluding hydrogens is 232 g/mol. The van der Waals surface area contributed by atoms with Gasteiger partial charge in [-0.3, -0.25) is 0 Å². The smallest absolute Gasteiger partial charge is 0.339 e. The lowest BCUT2D eigenvalue weighted by Gasteiger charge is -2.19. The first kappa shape index (κ1) is 12.2. The van der Waals surface area contributed by atoms with E-state index in [1.807, 2.05) is 13.0 Å². The number of pyridine rings is 1. The molecule has 0 unspecified atom stereocenters. The summed E-state index contributed by atoms with van der Waals surface area (Å²) in [5.74, 6) is 0.222. The average Bonchev–Trinajstić information content (AvgIpc) is 2.81. The third-order valence-electron chi connectivity index (χ3n) is 2.58. The van der Waals surface area contributed by atoms with E-state index < -0.39 is 5.97 Å². The van der Waals surface area contributed by atoms with E-state index in [1.54, 1.807) is 36.4 Å². The normalized spacial score (nSPS) is 10.3. The van der Waals surface area contributed by atoms with Gasteiger partial charge in [0.05, 0.1) is 12.8 Å².